The van der Waals surface area contributed by atoms with Crippen molar-refractivity contribution in [2.75, 3.05) is 58.0 Å². The molecule has 1 heterocycles. The zero-order valence-electron chi connectivity index (χ0n) is 18.8. The molecule has 1 fully saturated rings. The van der Waals surface area contributed by atoms with Crippen LogP contribution in [0.3, 0.4) is 0 Å². The Morgan fingerprint density at radius 3 is 2.23 bits per heavy atom. The summed E-state index contributed by atoms with van der Waals surface area (Å²) in [6.45, 7) is 2.68. The summed E-state index contributed by atoms with van der Waals surface area (Å²) in [7, 11) is 3.42. The standard InChI is InChI=1S/C23H32N4O3S/c1-25(2)16-13-18-7-9-19(10-8-18)24-23(28)21-17-20(31(29,30)26(3)4)11-12-22(21)27-14-5-6-15-27/h7-12,17H,5-6,13-16H2,1-4H3,(H,24,28). The lowest BCUT2D eigenvalue weighted by Gasteiger charge is -2.22. The van der Waals surface area contributed by atoms with Crippen molar-refractivity contribution in [3.8, 4) is 0 Å². The lowest BCUT2D eigenvalue weighted by molar-refractivity contribution is 0.102. The Hall–Kier alpha value is -2.42. The largest absolute Gasteiger partial charge is 0.371 e. The van der Waals surface area contributed by atoms with Crippen molar-refractivity contribution in [2.45, 2.75) is 24.2 Å². The fraction of sp³-hybridized carbons (Fsp3) is 0.435. The molecule has 0 atom stereocenters. The highest BCUT2D eigenvalue weighted by Gasteiger charge is 2.24. The summed E-state index contributed by atoms with van der Waals surface area (Å²) in [4.78, 5) is 17.6. The molecule has 0 radical (unpaired) electrons. The first-order chi connectivity index (χ1) is 14.7. The molecular weight excluding hydrogens is 412 g/mol. The molecule has 31 heavy (non-hydrogen) atoms. The van der Waals surface area contributed by atoms with Gasteiger partial charge in [0, 0.05) is 45.1 Å². The van der Waals surface area contributed by atoms with E-state index >= 15 is 0 Å². The van der Waals surface area contributed by atoms with Crippen LogP contribution >= 0.6 is 0 Å². The van der Waals surface area contributed by atoms with Gasteiger partial charge in [-0.25, -0.2) is 12.7 Å². The quantitative estimate of drug-likeness (QED) is 0.678. The van der Waals surface area contributed by atoms with Gasteiger partial charge in [0.15, 0.2) is 0 Å². The average molecular weight is 445 g/mol. The number of rotatable bonds is 8. The molecule has 7 nitrogen and oxygen atoms in total. The second-order valence-electron chi connectivity index (χ2n) is 8.36. The topological polar surface area (TPSA) is 73.0 Å². The molecule has 1 amide bonds. The molecule has 2 aromatic rings. The Balaban J connectivity index is 1.87. The molecule has 8 heteroatoms. The zero-order valence-corrected chi connectivity index (χ0v) is 19.6. The van der Waals surface area contributed by atoms with Crippen LogP contribution in [0.15, 0.2) is 47.4 Å². The molecule has 168 valence electrons. The molecule has 0 bridgehead atoms. The van der Waals surface area contributed by atoms with E-state index < -0.39 is 10.0 Å². The summed E-state index contributed by atoms with van der Waals surface area (Å²) in [5, 5.41) is 2.94. The molecule has 3 rings (SSSR count). The van der Waals surface area contributed by atoms with Crippen molar-refractivity contribution < 1.29 is 13.2 Å². The lowest BCUT2D eigenvalue weighted by Crippen LogP contribution is -2.25. The smallest absolute Gasteiger partial charge is 0.257 e. The second kappa shape index (κ2) is 9.80. The number of likely N-dealkylation sites (N-methyl/N-ethyl adjacent to an activating group) is 1. The summed E-state index contributed by atoms with van der Waals surface area (Å²) in [6, 6.07) is 12.6. The maximum Gasteiger partial charge on any atom is 0.257 e. The number of hydrogen-bond donors (Lipinski definition) is 1. The number of sulfonamides is 1. The van der Waals surface area contributed by atoms with Crippen LogP contribution in [0.5, 0.6) is 0 Å². The van der Waals surface area contributed by atoms with E-state index in [1.165, 1.54) is 25.7 Å². The average Bonchev–Trinajstić information content (AvgIpc) is 3.27. The van der Waals surface area contributed by atoms with Crippen LogP contribution in [0.2, 0.25) is 0 Å². The fourth-order valence-corrected chi connectivity index (χ4v) is 4.54. The number of carbonyl (C=O) groups excluding carboxylic acids is 1. The minimum atomic E-state index is -3.63. The van der Waals surface area contributed by atoms with Gasteiger partial charge < -0.3 is 15.1 Å². The van der Waals surface area contributed by atoms with Crippen molar-refractivity contribution in [1.82, 2.24) is 9.21 Å². The van der Waals surface area contributed by atoms with Crippen molar-refractivity contribution in [3.63, 3.8) is 0 Å². The summed E-state index contributed by atoms with van der Waals surface area (Å²) in [6.07, 6.45) is 3.06. The van der Waals surface area contributed by atoms with Crippen LogP contribution in [0.4, 0.5) is 11.4 Å². The van der Waals surface area contributed by atoms with E-state index in [-0.39, 0.29) is 10.8 Å². The number of nitrogens with zero attached hydrogens (tertiary/aromatic N) is 3. The van der Waals surface area contributed by atoms with Crippen molar-refractivity contribution >= 4 is 27.3 Å². The van der Waals surface area contributed by atoms with Gasteiger partial charge in [-0.05, 0) is 69.3 Å². The Bertz CT molecular complexity index is 1010. The van der Waals surface area contributed by atoms with Gasteiger partial charge in [0.2, 0.25) is 10.0 Å². The highest BCUT2D eigenvalue weighted by molar-refractivity contribution is 7.89. The summed E-state index contributed by atoms with van der Waals surface area (Å²) < 4.78 is 26.4. The summed E-state index contributed by atoms with van der Waals surface area (Å²) >= 11 is 0. The first-order valence-electron chi connectivity index (χ1n) is 10.5. The molecule has 1 aliphatic heterocycles. The third kappa shape index (κ3) is 5.64. The van der Waals surface area contributed by atoms with Gasteiger partial charge >= 0.3 is 0 Å². The molecule has 0 unspecified atom stereocenters. The van der Waals surface area contributed by atoms with E-state index in [0.717, 1.165) is 48.9 Å². The van der Waals surface area contributed by atoms with Crippen molar-refractivity contribution in [1.29, 1.82) is 0 Å². The predicted molar refractivity (Wildman–Crippen MR) is 125 cm³/mol. The third-order valence-electron chi connectivity index (χ3n) is 5.50. The van der Waals surface area contributed by atoms with Gasteiger partial charge in [-0.3, -0.25) is 4.79 Å². The Morgan fingerprint density at radius 1 is 1.00 bits per heavy atom. The van der Waals surface area contributed by atoms with Crippen LogP contribution in [0.1, 0.15) is 28.8 Å². The molecule has 1 saturated heterocycles. The second-order valence-corrected chi connectivity index (χ2v) is 10.5. The number of benzene rings is 2. The van der Waals surface area contributed by atoms with Gasteiger partial charge in [0.1, 0.15) is 0 Å². The zero-order chi connectivity index (χ0) is 22.6. The molecule has 0 aromatic heterocycles. The predicted octanol–water partition coefficient (Wildman–Crippen LogP) is 2.89. The Morgan fingerprint density at radius 2 is 1.65 bits per heavy atom. The number of anilines is 2. The number of nitrogens with one attached hydrogen (secondary N) is 1. The van der Waals surface area contributed by atoms with Crippen LogP contribution < -0.4 is 10.2 Å². The van der Waals surface area contributed by atoms with E-state index in [4.69, 9.17) is 0 Å². The first kappa shape index (κ1) is 23.2. The van der Waals surface area contributed by atoms with E-state index in [9.17, 15) is 13.2 Å². The van der Waals surface area contributed by atoms with Crippen molar-refractivity contribution in [2.24, 2.45) is 0 Å². The Kier molecular flexibility index (Phi) is 7.35. The maximum absolute atomic E-state index is 13.2. The monoisotopic (exact) mass is 444 g/mol. The number of carbonyl (C=O) groups is 1. The van der Waals surface area contributed by atoms with E-state index in [0.29, 0.717) is 11.3 Å². The van der Waals surface area contributed by atoms with Crippen LogP contribution in [0.25, 0.3) is 0 Å². The van der Waals surface area contributed by atoms with Crippen LogP contribution in [-0.2, 0) is 16.4 Å². The summed E-state index contributed by atoms with van der Waals surface area (Å²) in [5.41, 5.74) is 3.03. The van der Waals surface area contributed by atoms with Crippen LogP contribution in [-0.4, -0.2) is 71.4 Å². The SMILES string of the molecule is CN(C)CCc1ccc(NC(=O)c2cc(S(=O)(=O)N(C)C)ccc2N2CCCC2)cc1. The number of hydrogen-bond acceptors (Lipinski definition) is 5. The van der Waals surface area contributed by atoms with E-state index in [1.54, 1.807) is 12.1 Å². The third-order valence-corrected chi connectivity index (χ3v) is 7.31. The molecule has 0 saturated carbocycles. The van der Waals surface area contributed by atoms with Crippen molar-refractivity contribution in [3.05, 3.63) is 53.6 Å². The highest BCUT2D eigenvalue weighted by Crippen LogP contribution is 2.29. The highest BCUT2D eigenvalue weighted by atomic mass is 32.2. The molecule has 2 aromatic carbocycles. The normalized spacial score (nSPS) is 14.5. The molecular formula is C23H32N4O3S. The van der Waals surface area contributed by atoms with Gasteiger partial charge in [0.25, 0.3) is 5.91 Å². The van der Waals surface area contributed by atoms with Gasteiger partial charge in [-0.1, -0.05) is 12.1 Å². The van der Waals surface area contributed by atoms with Gasteiger partial charge in [0.05, 0.1) is 10.5 Å². The van der Waals surface area contributed by atoms with Gasteiger partial charge in [-0.15, -0.1) is 0 Å². The van der Waals surface area contributed by atoms with Crippen LogP contribution in [0, 0.1) is 0 Å². The minimum Gasteiger partial charge on any atom is -0.371 e. The number of amides is 1. The molecule has 1 N–H and O–H groups in total. The molecule has 1 aliphatic rings. The minimum absolute atomic E-state index is 0.115. The first-order valence-corrected chi connectivity index (χ1v) is 12.0. The van der Waals surface area contributed by atoms with Gasteiger partial charge in [-0.2, -0.15) is 0 Å². The van der Waals surface area contributed by atoms with E-state index in [2.05, 4.69) is 15.1 Å². The molecule has 0 spiro atoms. The Labute approximate surface area is 185 Å². The molecule has 0 aliphatic carbocycles. The van der Waals surface area contributed by atoms with E-state index in [1.807, 2.05) is 38.4 Å². The fourth-order valence-electron chi connectivity index (χ4n) is 3.61. The lowest BCUT2D eigenvalue weighted by atomic mass is 10.1. The summed E-state index contributed by atoms with van der Waals surface area (Å²) in [5.74, 6) is -0.307. The maximum atomic E-state index is 13.2.